The topological polar surface area (TPSA) is 74.6 Å². The second-order valence-electron chi connectivity index (χ2n) is 8.81. The number of anilines is 1. The van der Waals surface area contributed by atoms with Gasteiger partial charge in [-0.25, -0.2) is 0 Å². The van der Waals surface area contributed by atoms with Gasteiger partial charge in [0.15, 0.2) is 5.69 Å². The Bertz CT molecular complexity index is 1410. The molecule has 2 N–H and O–H groups in total. The fourth-order valence-corrected chi connectivity index (χ4v) is 6.17. The first kappa shape index (κ1) is 24.1. The Morgan fingerprint density at radius 2 is 1.92 bits per heavy atom. The lowest BCUT2D eigenvalue weighted by Crippen LogP contribution is -2.54. The summed E-state index contributed by atoms with van der Waals surface area (Å²) in [4.78, 5) is 27.1. The molecule has 6 nitrogen and oxygen atoms in total. The number of aromatic hydroxyl groups is 1. The molecule has 0 radical (unpaired) electrons. The number of hydrogen-bond donors (Lipinski definition) is 2. The maximum absolute atomic E-state index is 13.8. The van der Waals surface area contributed by atoms with E-state index in [0.29, 0.717) is 10.7 Å². The smallest absolute Gasteiger partial charge is 0.408 e. The molecule has 3 aromatic rings. The molecule has 0 saturated carbocycles. The molecule has 3 atom stereocenters. The van der Waals surface area contributed by atoms with Crippen molar-refractivity contribution in [2.24, 2.45) is 0 Å². The number of benzene rings is 2. The number of fused-ring (bicyclic) bond motifs is 3. The van der Waals surface area contributed by atoms with Gasteiger partial charge in [-0.3, -0.25) is 14.2 Å². The number of halogens is 3. The molecule has 36 heavy (non-hydrogen) atoms. The van der Waals surface area contributed by atoms with Gasteiger partial charge in [-0.2, -0.15) is 13.2 Å². The van der Waals surface area contributed by atoms with Crippen LogP contribution < -0.4 is 10.7 Å². The number of hydrogen-bond acceptors (Lipinski definition) is 5. The first-order valence-electron chi connectivity index (χ1n) is 11.3. The second-order valence-corrected chi connectivity index (χ2v) is 9.83. The minimum Gasteiger partial charge on any atom is -0.502 e. The molecule has 2 aliphatic heterocycles. The monoisotopic (exact) mass is 513 g/mol. The van der Waals surface area contributed by atoms with E-state index in [1.807, 2.05) is 42.5 Å². The summed E-state index contributed by atoms with van der Waals surface area (Å²) < 4.78 is 42.8. The van der Waals surface area contributed by atoms with Crippen LogP contribution in [0, 0.1) is 12.3 Å². The number of rotatable bonds is 3. The number of amides is 1. The minimum atomic E-state index is -4.70. The number of carbonyl (C=O) groups is 1. The van der Waals surface area contributed by atoms with E-state index >= 15 is 0 Å². The molecule has 0 spiro atoms. The normalized spacial score (nSPS) is 19.9. The first-order chi connectivity index (χ1) is 17.1. The zero-order valence-corrected chi connectivity index (χ0v) is 20.2. The molecule has 0 aliphatic carbocycles. The van der Waals surface area contributed by atoms with E-state index in [-0.39, 0.29) is 6.54 Å². The van der Waals surface area contributed by atoms with Crippen LogP contribution in [0.25, 0.3) is 0 Å². The highest BCUT2D eigenvalue weighted by Crippen LogP contribution is 2.49. The summed E-state index contributed by atoms with van der Waals surface area (Å²) >= 11 is 1.62. The highest BCUT2D eigenvalue weighted by molar-refractivity contribution is 7.98. The number of thioether (sulfide) groups is 1. The lowest BCUT2D eigenvalue weighted by atomic mass is 9.80. The maximum atomic E-state index is 13.8. The zero-order chi connectivity index (χ0) is 25.8. The number of aromatic nitrogens is 1. The lowest BCUT2D eigenvalue weighted by molar-refractivity contribution is -0.174. The van der Waals surface area contributed by atoms with Gasteiger partial charge < -0.3 is 15.3 Å². The molecule has 10 heteroatoms. The third kappa shape index (κ3) is 3.78. The SMILES string of the molecule is CNc1cccc2c1[C@H](C1CN([C@H](C)C(F)(F)F)C(=O)c3c(O)c(=O)c#cn31)c1ccccc1SC2. The first-order valence-corrected chi connectivity index (χ1v) is 12.3. The Kier molecular flexibility index (Phi) is 5.91. The van der Waals surface area contributed by atoms with Crippen molar-refractivity contribution in [3.63, 3.8) is 0 Å². The van der Waals surface area contributed by atoms with Gasteiger partial charge in [0.2, 0.25) is 5.75 Å². The molecule has 3 heterocycles. The van der Waals surface area contributed by atoms with Crippen LogP contribution in [0.15, 0.2) is 52.2 Å². The Balaban J connectivity index is 1.81. The van der Waals surface area contributed by atoms with E-state index in [1.54, 1.807) is 18.8 Å². The highest BCUT2D eigenvalue weighted by Gasteiger charge is 2.48. The molecular weight excluding hydrogens is 491 g/mol. The Morgan fingerprint density at radius 3 is 2.64 bits per heavy atom. The zero-order valence-electron chi connectivity index (χ0n) is 19.4. The number of nitrogens with one attached hydrogen (secondary N) is 1. The summed E-state index contributed by atoms with van der Waals surface area (Å²) in [5, 5.41) is 13.7. The molecule has 0 fully saturated rings. The average molecular weight is 514 g/mol. The fraction of sp³-hybridized carbons (Fsp3) is 0.308. The minimum absolute atomic E-state index is 0.305. The molecular formula is C26H22F3N3O3S. The van der Waals surface area contributed by atoms with Gasteiger partial charge in [-0.15, -0.1) is 11.8 Å². The fourth-order valence-electron chi connectivity index (χ4n) is 5.07. The predicted octanol–water partition coefficient (Wildman–Crippen LogP) is 4.58. The van der Waals surface area contributed by atoms with Crippen LogP contribution in [0.3, 0.4) is 0 Å². The van der Waals surface area contributed by atoms with E-state index in [9.17, 15) is 27.9 Å². The van der Waals surface area contributed by atoms with Crippen LogP contribution in [0.2, 0.25) is 0 Å². The summed E-state index contributed by atoms with van der Waals surface area (Å²) in [6.45, 7) is 0.600. The van der Waals surface area contributed by atoms with E-state index < -0.39 is 47.0 Å². The van der Waals surface area contributed by atoms with Crippen LogP contribution in [0.1, 0.15) is 46.1 Å². The third-order valence-corrected chi connectivity index (χ3v) is 8.03. The van der Waals surface area contributed by atoms with Crippen molar-refractivity contribution in [2.75, 3.05) is 18.9 Å². The van der Waals surface area contributed by atoms with Crippen molar-refractivity contribution in [1.29, 1.82) is 0 Å². The Hall–Kier alpha value is -3.58. The molecule has 1 aromatic heterocycles. The lowest BCUT2D eigenvalue weighted by Gasteiger charge is -2.42. The van der Waals surface area contributed by atoms with Gasteiger partial charge in [0.1, 0.15) is 6.04 Å². The van der Waals surface area contributed by atoms with Gasteiger partial charge in [0.05, 0.1) is 6.04 Å². The van der Waals surface area contributed by atoms with Crippen LogP contribution in [0.4, 0.5) is 18.9 Å². The molecule has 0 bridgehead atoms. The second kappa shape index (κ2) is 8.82. The van der Waals surface area contributed by atoms with Crippen molar-refractivity contribution in [1.82, 2.24) is 9.47 Å². The van der Waals surface area contributed by atoms with Gasteiger partial charge in [-0.1, -0.05) is 30.3 Å². The summed E-state index contributed by atoms with van der Waals surface area (Å²) in [7, 11) is 1.77. The van der Waals surface area contributed by atoms with Crippen molar-refractivity contribution in [2.45, 2.75) is 41.7 Å². The molecule has 2 aliphatic rings. The van der Waals surface area contributed by atoms with Crippen molar-refractivity contribution in [3.8, 4) is 5.75 Å². The van der Waals surface area contributed by atoms with Crippen molar-refractivity contribution < 1.29 is 23.1 Å². The van der Waals surface area contributed by atoms with E-state index in [4.69, 9.17) is 0 Å². The van der Waals surface area contributed by atoms with Gasteiger partial charge in [-0.05, 0) is 35.7 Å². The van der Waals surface area contributed by atoms with E-state index in [1.165, 1.54) is 4.57 Å². The van der Waals surface area contributed by atoms with Crippen molar-refractivity contribution in [3.05, 3.63) is 87.3 Å². The number of carbonyl (C=O) groups excluding carboxylic acids is 1. The molecule has 2 aromatic carbocycles. The Morgan fingerprint density at radius 1 is 1.17 bits per heavy atom. The summed E-state index contributed by atoms with van der Waals surface area (Å²) in [6, 6.07) is 12.8. The van der Waals surface area contributed by atoms with Crippen LogP contribution >= 0.6 is 11.8 Å². The van der Waals surface area contributed by atoms with Gasteiger partial charge >= 0.3 is 6.18 Å². The Labute approximate surface area is 209 Å². The van der Waals surface area contributed by atoms with Gasteiger partial charge in [0.25, 0.3) is 11.3 Å². The third-order valence-electron chi connectivity index (χ3n) is 6.89. The highest BCUT2D eigenvalue weighted by atomic mass is 32.2. The van der Waals surface area contributed by atoms with E-state index in [2.05, 4.69) is 17.6 Å². The number of alkyl halides is 3. The van der Waals surface area contributed by atoms with Crippen LogP contribution in [0.5, 0.6) is 5.75 Å². The van der Waals surface area contributed by atoms with Crippen molar-refractivity contribution >= 4 is 23.4 Å². The maximum Gasteiger partial charge on any atom is 0.408 e. The van der Waals surface area contributed by atoms with E-state index in [0.717, 1.165) is 34.2 Å². The molecule has 5 rings (SSSR count). The quantitative estimate of drug-likeness (QED) is 0.536. The largest absolute Gasteiger partial charge is 0.502 e. The van der Waals surface area contributed by atoms with Gasteiger partial charge in [0, 0.05) is 48.1 Å². The predicted molar refractivity (Wildman–Crippen MR) is 129 cm³/mol. The molecule has 186 valence electrons. The van der Waals surface area contributed by atoms with Crippen LogP contribution in [-0.2, 0) is 5.75 Å². The standard InChI is InChI=1S/C26H22F3N3O3S/c1-14(26(27,28)29)32-12-18(31-11-10-19(33)24(34)23(31)25(32)35)22-16-7-3-4-9-20(16)36-13-15-6-5-8-17(30-2)21(15)22/h3-9,14,18,22,30,34H,12-13H2,1-2H3/t14-,18?,22+/m1/s1. The summed E-state index contributed by atoms with van der Waals surface area (Å²) in [5.41, 5.74) is 2.05. The molecule has 1 unspecified atom stereocenters. The average Bonchev–Trinajstić information content (AvgIpc) is 3.02. The summed E-state index contributed by atoms with van der Waals surface area (Å²) in [6.07, 6.45) is -2.04. The van der Waals surface area contributed by atoms with Crippen LogP contribution in [-0.4, -0.2) is 46.3 Å². The summed E-state index contributed by atoms with van der Waals surface area (Å²) in [5.74, 6) is -1.88. The molecule has 1 amide bonds. The molecule has 0 saturated heterocycles. The number of nitrogens with zero attached hydrogens (tertiary/aromatic N) is 2.